The predicted octanol–water partition coefficient (Wildman–Crippen LogP) is 7.90. The lowest BCUT2D eigenvalue weighted by Crippen LogP contribution is -2.39. The van der Waals surface area contributed by atoms with Crippen LogP contribution in [0.15, 0.2) is 59.9 Å². The summed E-state index contributed by atoms with van der Waals surface area (Å²) in [6.45, 7) is 2.97. The van der Waals surface area contributed by atoms with E-state index in [2.05, 4.69) is 54.7 Å². The molecule has 2 saturated heterocycles. The Balaban J connectivity index is 0.969. The summed E-state index contributed by atoms with van der Waals surface area (Å²) < 4.78 is 0. The molecule has 9 heterocycles. The van der Waals surface area contributed by atoms with Crippen LogP contribution in [-0.4, -0.2) is 69.6 Å². The van der Waals surface area contributed by atoms with Gasteiger partial charge in [-0.15, -0.1) is 0 Å². The summed E-state index contributed by atoms with van der Waals surface area (Å²) in [5, 5.41) is 7.35. The van der Waals surface area contributed by atoms with Crippen LogP contribution in [0.4, 0.5) is 0 Å². The first-order valence-corrected chi connectivity index (χ1v) is 21.8. The number of aromatic amines is 2. The quantitative estimate of drug-likeness (QED) is 0.135. The summed E-state index contributed by atoms with van der Waals surface area (Å²) >= 11 is 0. The van der Waals surface area contributed by atoms with Crippen molar-refractivity contribution in [3.63, 3.8) is 0 Å². The predicted molar refractivity (Wildman–Crippen MR) is 224 cm³/mol. The fourth-order valence-corrected chi connectivity index (χ4v) is 10.6. The Labute approximate surface area is 334 Å². The van der Waals surface area contributed by atoms with Crippen molar-refractivity contribution in [1.29, 1.82) is 0 Å². The standard InChI is InChI=1S/C47H56N6O4/c54-44-40-38-32-15-11-13-17-34(32)48-36(38)19-9-7-5-3-1-2-4-6-8-10-20-37-39(33-16-12-14-18-35(33)49-37)41-43(47(57)51-45(41)55)53-27-23-31(24-28-53)29-30-21-25-52(26-22-30)42(40)46(56)50-44/h11-18,30-31,48-49H,1-10,19-29H2,(H,50,54,56)(H,51,55,57). The fourth-order valence-electron chi connectivity index (χ4n) is 10.6. The average Bonchev–Trinajstić information content (AvgIpc) is 3.93. The van der Waals surface area contributed by atoms with Crippen LogP contribution in [0.5, 0.6) is 0 Å². The lowest BCUT2D eigenvalue weighted by molar-refractivity contribution is -0.125. The molecular formula is C47H56N6O4. The number of carbonyl (C=O) groups excluding carboxylic acids is 4. The maximum Gasteiger partial charge on any atom is 0.275 e. The van der Waals surface area contributed by atoms with Gasteiger partial charge in [0, 0.05) is 70.5 Å². The van der Waals surface area contributed by atoms with E-state index in [4.69, 9.17) is 0 Å². The minimum absolute atomic E-state index is 0.282. The number of hydrogen-bond acceptors (Lipinski definition) is 6. The number of rotatable bonds is 0. The molecule has 0 spiro atoms. The van der Waals surface area contributed by atoms with Crippen molar-refractivity contribution in [3.8, 4) is 0 Å². The number of H-pyrrole nitrogens is 2. The van der Waals surface area contributed by atoms with Crippen molar-refractivity contribution < 1.29 is 19.2 Å². The van der Waals surface area contributed by atoms with E-state index in [9.17, 15) is 19.2 Å². The molecular weight excluding hydrogens is 713 g/mol. The SMILES string of the molecule is O=C1NC(=O)C2=C1c1c([nH]c3ccccc13)CCCCCCCCCCCCc1[nH]c3ccccc3c1C1=C(C(=O)NC1=O)N1CCC(CC1)CC1CCN2CC1. The topological polar surface area (TPSA) is 130 Å². The van der Waals surface area contributed by atoms with Crippen molar-refractivity contribution >= 4 is 56.6 Å². The molecule has 2 aromatic carbocycles. The van der Waals surface area contributed by atoms with Crippen LogP contribution >= 0.6 is 0 Å². The van der Waals surface area contributed by atoms with Gasteiger partial charge in [-0.05, 0) is 81.8 Å². The zero-order chi connectivity index (χ0) is 38.9. The van der Waals surface area contributed by atoms with E-state index in [0.717, 1.165) is 141 Å². The van der Waals surface area contributed by atoms with Crippen LogP contribution < -0.4 is 10.6 Å². The van der Waals surface area contributed by atoms with Gasteiger partial charge in [0.1, 0.15) is 11.4 Å². The van der Waals surface area contributed by atoms with Gasteiger partial charge in [-0.1, -0.05) is 87.8 Å². The van der Waals surface area contributed by atoms with Gasteiger partial charge in [0.2, 0.25) is 0 Å². The summed E-state index contributed by atoms with van der Waals surface area (Å²) in [5.41, 5.74) is 8.06. The van der Waals surface area contributed by atoms with Gasteiger partial charge in [0.15, 0.2) is 0 Å². The van der Waals surface area contributed by atoms with Crippen molar-refractivity contribution in [2.24, 2.45) is 11.8 Å². The fraction of sp³-hybridized carbons (Fsp3) is 0.489. The highest BCUT2D eigenvalue weighted by molar-refractivity contribution is 6.38. The van der Waals surface area contributed by atoms with Gasteiger partial charge >= 0.3 is 0 Å². The first-order chi connectivity index (χ1) is 27.9. The summed E-state index contributed by atoms with van der Waals surface area (Å²) in [7, 11) is 0. The lowest BCUT2D eigenvalue weighted by Gasteiger charge is -2.38. The van der Waals surface area contributed by atoms with E-state index in [1.807, 2.05) is 24.3 Å². The maximum atomic E-state index is 13.6. The number of hydrogen-bond donors (Lipinski definition) is 4. The summed E-state index contributed by atoms with van der Waals surface area (Å²) in [5.74, 6) is -0.0852. The second kappa shape index (κ2) is 16.4. The molecule has 0 atom stereocenters. The Hall–Kier alpha value is -5.12. The molecule has 4 amide bonds. The molecule has 7 aliphatic heterocycles. The molecule has 11 rings (SSSR count). The Morgan fingerprint density at radius 1 is 0.456 bits per heavy atom. The molecule has 2 aromatic heterocycles. The smallest absolute Gasteiger partial charge is 0.275 e. The first kappa shape index (κ1) is 37.5. The largest absolute Gasteiger partial charge is 0.366 e. The van der Waals surface area contributed by atoms with Crippen molar-refractivity contribution in [1.82, 2.24) is 30.4 Å². The molecule has 0 aliphatic carbocycles. The molecule has 4 bridgehead atoms. The number of imide groups is 2. The average molecular weight is 769 g/mol. The normalized spacial score (nSPS) is 23.6. The Morgan fingerprint density at radius 2 is 0.825 bits per heavy atom. The molecule has 0 unspecified atom stereocenters. The minimum Gasteiger partial charge on any atom is -0.366 e. The van der Waals surface area contributed by atoms with Crippen molar-refractivity contribution in [2.45, 2.75) is 109 Å². The number of piperidine rings is 2. The molecule has 0 radical (unpaired) electrons. The third-order valence-corrected chi connectivity index (χ3v) is 13.5. The molecule has 4 N–H and O–H groups in total. The number of aryl methyl sites for hydroxylation is 2. The number of carbonyl (C=O) groups is 4. The van der Waals surface area contributed by atoms with E-state index >= 15 is 0 Å². The third kappa shape index (κ3) is 7.43. The minimum atomic E-state index is -0.290. The van der Waals surface area contributed by atoms with Crippen LogP contribution in [0.25, 0.3) is 33.0 Å². The number of benzene rings is 2. The lowest BCUT2D eigenvalue weighted by atomic mass is 9.82. The summed E-state index contributed by atoms with van der Waals surface area (Å²) in [6.07, 6.45) is 18.3. The number of amides is 4. The highest BCUT2D eigenvalue weighted by Crippen LogP contribution is 2.40. The van der Waals surface area contributed by atoms with Crippen LogP contribution in [0.2, 0.25) is 0 Å². The molecule has 298 valence electrons. The Kier molecular flexibility index (Phi) is 10.8. The van der Waals surface area contributed by atoms with Gasteiger partial charge < -0.3 is 19.8 Å². The zero-order valence-electron chi connectivity index (χ0n) is 33.2. The van der Waals surface area contributed by atoms with Gasteiger partial charge in [0.25, 0.3) is 23.6 Å². The van der Waals surface area contributed by atoms with Crippen molar-refractivity contribution in [3.05, 3.63) is 82.4 Å². The molecule has 57 heavy (non-hydrogen) atoms. The molecule has 4 aromatic rings. The molecule has 0 saturated carbocycles. The molecule has 10 nitrogen and oxygen atoms in total. The molecule has 7 aliphatic rings. The number of nitrogens with zero attached hydrogens (tertiary/aromatic N) is 2. The number of fused-ring (bicyclic) bond motifs is 4. The van der Waals surface area contributed by atoms with E-state index in [1.54, 1.807) is 0 Å². The van der Waals surface area contributed by atoms with E-state index in [1.165, 1.54) is 38.5 Å². The van der Waals surface area contributed by atoms with Gasteiger partial charge in [-0.2, -0.15) is 0 Å². The van der Waals surface area contributed by atoms with E-state index in [-0.39, 0.29) is 23.6 Å². The van der Waals surface area contributed by atoms with Crippen LogP contribution in [0, 0.1) is 11.8 Å². The second-order valence-electron chi connectivity index (χ2n) is 17.2. The third-order valence-electron chi connectivity index (χ3n) is 13.5. The van der Waals surface area contributed by atoms with E-state index < -0.39 is 0 Å². The molecule has 2 fully saturated rings. The van der Waals surface area contributed by atoms with Crippen molar-refractivity contribution in [2.75, 3.05) is 26.2 Å². The first-order valence-electron chi connectivity index (χ1n) is 21.8. The number of para-hydroxylation sites is 2. The van der Waals surface area contributed by atoms with Crippen LogP contribution in [0.1, 0.15) is 119 Å². The highest BCUT2D eigenvalue weighted by Gasteiger charge is 2.40. The van der Waals surface area contributed by atoms with Gasteiger partial charge in [-0.25, -0.2) is 0 Å². The van der Waals surface area contributed by atoms with Gasteiger partial charge in [0.05, 0.1) is 11.1 Å². The summed E-state index contributed by atoms with van der Waals surface area (Å²) in [6, 6.07) is 16.3. The molecule has 10 heteroatoms. The summed E-state index contributed by atoms with van der Waals surface area (Å²) in [4.78, 5) is 65.9. The zero-order valence-corrected chi connectivity index (χ0v) is 33.2. The monoisotopic (exact) mass is 768 g/mol. The second-order valence-corrected chi connectivity index (χ2v) is 17.2. The van der Waals surface area contributed by atoms with Gasteiger partial charge in [-0.3, -0.25) is 29.8 Å². The Bertz CT molecular complexity index is 2100. The maximum absolute atomic E-state index is 13.6. The number of nitrogens with one attached hydrogen (secondary N) is 4. The van der Waals surface area contributed by atoms with E-state index in [0.29, 0.717) is 34.4 Å². The highest BCUT2D eigenvalue weighted by atomic mass is 16.2. The number of aromatic nitrogens is 2. The van der Waals surface area contributed by atoms with Crippen LogP contribution in [-0.2, 0) is 32.0 Å². The Morgan fingerprint density at radius 3 is 1.23 bits per heavy atom. The van der Waals surface area contributed by atoms with Crippen LogP contribution in [0.3, 0.4) is 0 Å².